The van der Waals surface area contributed by atoms with Crippen molar-refractivity contribution in [3.63, 3.8) is 0 Å². The van der Waals surface area contributed by atoms with Crippen molar-refractivity contribution in [3.05, 3.63) is 64.5 Å². The summed E-state index contributed by atoms with van der Waals surface area (Å²) in [7, 11) is 0. The van der Waals surface area contributed by atoms with Gasteiger partial charge in [0.2, 0.25) is 0 Å². The monoisotopic (exact) mass is 424 g/mol. The maximum absolute atomic E-state index is 12.5. The number of rotatable bonds is 5. The Labute approximate surface area is 179 Å². The van der Waals surface area contributed by atoms with Gasteiger partial charge >= 0.3 is 5.97 Å². The highest BCUT2D eigenvalue weighted by Gasteiger charge is 2.33. The molecule has 2 aliphatic heterocycles. The molecule has 1 aromatic heterocycles. The Bertz CT molecular complexity index is 1000. The molecule has 0 aliphatic carbocycles. The fraction of sp³-hybridized carbons (Fsp3) is 0.304. The van der Waals surface area contributed by atoms with Gasteiger partial charge in [-0.2, -0.15) is 0 Å². The fourth-order valence-corrected chi connectivity index (χ4v) is 4.46. The summed E-state index contributed by atoms with van der Waals surface area (Å²) in [6, 6.07) is 13.1. The van der Waals surface area contributed by atoms with E-state index in [0.29, 0.717) is 21.4 Å². The standard InChI is InChI=1S/C23H24N2O4S/c1-2-28-23(27)20-21(26)18(30-22(20)24-16-9-5-3-6-10-16)15-17-11-12-19(29-17)25-13-7-4-8-14-25/h3,5-6,9-12,15,26H,2,4,7-8,13-14H2,1H3/b18-15-,24-22?. The fourth-order valence-electron chi connectivity index (χ4n) is 3.44. The number of aliphatic imine (C=N–C) groups is 1. The summed E-state index contributed by atoms with van der Waals surface area (Å²) >= 11 is 1.23. The lowest BCUT2D eigenvalue weighted by atomic mass is 10.1. The van der Waals surface area contributed by atoms with Gasteiger partial charge in [-0.25, -0.2) is 9.79 Å². The number of piperidine rings is 1. The van der Waals surface area contributed by atoms with Gasteiger partial charge in [0.05, 0.1) is 17.2 Å². The largest absolute Gasteiger partial charge is 0.506 e. The number of benzene rings is 1. The normalized spacial score (nSPS) is 19.7. The smallest absolute Gasteiger partial charge is 0.344 e. The third-order valence-corrected chi connectivity index (χ3v) is 5.93. The second-order valence-electron chi connectivity index (χ2n) is 7.03. The second-order valence-corrected chi connectivity index (χ2v) is 8.06. The molecule has 1 aromatic carbocycles. The molecule has 0 unspecified atom stereocenters. The van der Waals surface area contributed by atoms with Gasteiger partial charge in [0.15, 0.2) is 5.88 Å². The Morgan fingerprint density at radius 1 is 1.20 bits per heavy atom. The summed E-state index contributed by atoms with van der Waals surface area (Å²) in [6.07, 6.45) is 5.32. The summed E-state index contributed by atoms with van der Waals surface area (Å²) in [5.74, 6) is 0.726. The maximum atomic E-state index is 12.5. The Morgan fingerprint density at radius 3 is 2.70 bits per heavy atom. The molecule has 6 nitrogen and oxygen atoms in total. The predicted octanol–water partition coefficient (Wildman–Crippen LogP) is 5.46. The van der Waals surface area contributed by atoms with Crippen LogP contribution in [-0.2, 0) is 9.53 Å². The number of nitrogens with zero attached hydrogens (tertiary/aromatic N) is 2. The van der Waals surface area contributed by atoms with Gasteiger partial charge in [-0.3, -0.25) is 0 Å². The van der Waals surface area contributed by atoms with Gasteiger partial charge in [-0.05, 0) is 50.5 Å². The molecule has 0 amide bonds. The average Bonchev–Trinajstić information content (AvgIpc) is 3.35. The molecule has 2 aliphatic rings. The quantitative estimate of drug-likeness (QED) is 0.642. The number of esters is 1. The van der Waals surface area contributed by atoms with E-state index in [4.69, 9.17) is 9.15 Å². The summed E-state index contributed by atoms with van der Waals surface area (Å²) in [5.41, 5.74) is 0.779. The van der Waals surface area contributed by atoms with Crippen LogP contribution < -0.4 is 4.90 Å². The molecular weight excluding hydrogens is 400 g/mol. The maximum Gasteiger partial charge on any atom is 0.344 e. The highest BCUT2D eigenvalue weighted by atomic mass is 32.2. The van der Waals surface area contributed by atoms with Crippen molar-refractivity contribution in [1.82, 2.24) is 0 Å². The molecule has 2 aromatic rings. The Hall–Kier alpha value is -2.93. The van der Waals surface area contributed by atoms with Crippen molar-refractivity contribution in [3.8, 4) is 0 Å². The minimum atomic E-state index is -0.589. The third-order valence-electron chi connectivity index (χ3n) is 4.91. The van der Waals surface area contributed by atoms with Crippen LogP contribution in [0, 0.1) is 0 Å². The lowest BCUT2D eigenvalue weighted by Gasteiger charge is -2.25. The highest BCUT2D eigenvalue weighted by Crippen LogP contribution is 2.40. The zero-order valence-electron chi connectivity index (χ0n) is 16.8. The van der Waals surface area contributed by atoms with Crippen molar-refractivity contribution in [2.45, 2.75) is 26.2 Å². The zero-order valence-corrected chi connectivity index (χ0v) is 17.7. The van der Waals surface area contributed by atoms with E-state index >= 15 is 0 Å². The van der Waals surface area contributed by atoms with Crippen LogP contribution in [0.1, 0.15) is 31.9 Å². The molecule has 0 atom stereocenters. The molecule has 0 spiro atoms. The number of anilines is 1. The lowest BCUT2D eigenvalue weighted by molar-refractivity contribution is -0.138. The van der Waals surface area contributed by atoms with Crippen LogP contribution in [0.15, 0.2) is 68.1 Å². The Balaban J connectivity index is 1.64. The van der Waals surface area contributed by atoms with Crippen LogP contribution >= 0.6 is 11.8 Å². The molecule has 1 fully saturated rings. The number of thioether (sulfide) groups is 1. The molecule has 3 heterocycles. The highest BCUT2D eigenvalue weighted by molar-refractivity contribution is 8.18. The van der Waals surface area contributed by atoms with Gasteiger partial charge in [-0.15, -0.1) is 0 Å². The van der Waals surface area contributed by atoms with Gasteiger partial charge in [0.1, 0.15) is 22.1 Å². The number of aliphatic hydroxyl groups is 1. The van der Waals surface area contributed by atoms with Crippen LogP contribution in [-0.4, -0.2) is 35.8 Å². The number of furan rings is 1. The number of carbonyl (C=O) groups is 1. The van der Waals surface area contributed by atoms with Crippen molar-refractivity contribution >= 4 is 40.4 Å². The van der Waals surface area contributed by atoms with E-state index in [1.165, 1.54) is 31.0 Å². The molecular formula is C23H24N2O4S. The first-order chi connectivity index (χ1) is 14.7. The summed E-state index contributed by atoms with van der Waals surface area (Å²) in [4.78, 5) is 19.8. The predicted molar refractivity (Wildman–Crippen MR) is 120 cm³/mol. The number of para-hydroxylation sites is 1. The lowest BCUT2D eigenvalue weighted by Crippen LogP contribution is -2.28. The van der Waals surface area contributed by atoms with Gasteiger partial charge in [-0.1, -0.05) is 30.0 Å². The van der Waals surface area contributed by atoms with E-state index in [1.54, 1.807) is 13.0 Å². The Kier molecular flexibility index (Phi) is 6.28. The Morgan fingerprint density at radius 2 is 1.97 bits per heavy atom. The summed E-state index contributed by atoms with van der Waals surface area (Å²) < 4.78 is 11.1. The minimum Gasteiger partial charge on any atom is -0.506 e. The van der Waals surface area contributed by atoms with E-state index in [-0.39, 0.29) is 17.9 Å². The van der Waals surface area contributed by atoms with Gasteiger partial charge in [0, 0.05) is 19.2 Å². The topological polar surface area (TPSA) is 75.3 Å². The molecule has 0 saturated carbocycles. The van der Waals surface area contributed by atoms with Gasteiger partial charge < -0.3 is 19.2 Å². The van der Waals surface area contributed by atoms with E-state index in [0.717, 1.165) is 19.0 Å². The van der Waals surface area contributed by atoms with E-state index in [9.17, 15) is 9.90 Å². The van der Waals surface area contributed by atoms with Crippen molar-refractivity contribution in [2.75, 3.05) is 24.6 Å². The first kappa shape index (κ1) is 20.3. The number of hydrogen-bond acceptors (Lipinski definition) is 7. The van der Waals surface area contributed by atoms with Crippen molar-refractivity contribution in [2.24, 2.45) is 4.99 Å². The molecule has 7 heteroatoms. The first-order valence-corrected chi connectivity index (χ1v) is 11.0. The number of carbonyl (C=O) groups excluding carboxylic acids is 1. The van der Waals surface area contributed by atoms with Crippen LogP contribution in [0.4, 0.5) is 11.6 Å². The molecule has 30 heavy (non-hydrogen) atoms. The van der Waals surface area contributed by atoms with Crippen molar-refractivity contribution in [1.29, 1.82) is 0 Å². The van der Waals surface area contributed by atoms with E-state index in [2.05, 4.69) is 9.89 Å². The minimum absolute atomic E-state index is 0.0831. The zero-order chi connectivity index (χ0) is 20.9. The van der Waals surface area contributed by atoms with E-state index in [1.807, 2.05) is 42.5 Å². The van der Waals surface area contributed by atoms with Crippen LogP contribution in [0.2, 0.25) is 0 Å². The van der Waals surface area contributed by atoms with Crippen LogP contribution in [0.5, 0.6) is 0 Å². The van der Waals surface area contributed by atoms with Crippen LogP contribution in [0.3, 0.4) is 0 Å². The SMILES string of the molecule is CCOC(=O)C1=C(O)/C(=C/c2ccc(N3CCCCC3)o2)SC1=Nc1ccccc1. The van der Waals surface area contributed by atoms with Crippen LogP contribution in [0.25, 0.3) is 6.08 Å². The molecule has 4 rings (SSSR count). The summed E-state index contributed by atoms with van der Waals surface area (Å²) in [6.45, 7) is 3.93. The first-order valence-electron chi connectivity index (χ1n) is 10.1. The van der Waals surface area contributed by atoms with Gasteiger partial charge in [0.25, 0.3) is 0 Å². The summed E-state index contributed by atoms with van der Waals surface area (Å²) in [5, 5.41) is 11.2. The molecule has 1 saturated heterocycles. The number of hydrogen-bond donors (Lipinski definition) is 1. The van der Waals surface area contributed by atoms with E-state index < -0.39 is 5.97 Å². The number of ether oxygens (including phenoxy) is 1. The third kappa shape index (κ3) is 4.46. The molecule has 1 N–H and O–H groups in total. The second kappa shape index (κ2) is 9.26. The molecule has 156 valence electrons. The number of aliphatic hydroxyl groups excluding tert-OH is 1. The average molecular weight is 425 g/mol. The molecule has 0 bridgehead atoms. The molecule has 0 radical (unpaired) electrons. The van der Waals surface area contributed by atoms with Crippen molar-refractivity contribution < 1.29 is 19.1 Å².